The number of likely N-dealkylation sites (N-methyl/N-ethyl adjacent to an activating group) is 1. The number of urea groups is 1. The Hall–Kier alpha value is -2.40. The van der Waals surface area contributed by atoms with Crippen LogP contribution in [0.5, 0.6) is 0 Å². The number of benzene rings is 2. The van der Waals surface area contributed by atoms with Gasteiger partial charge in [0, 0.05) is 26.7 Å². The molecule has 2 aliphatic rings. The Kier molecular flexibility index (Phi) is 4.89. The molecule has 0 bridgehead atoms. The molecule has 154 valence electrons. The number of nitrogens with zero attached hydrogens (tertiary/aromatic N) is 3. The van der Waals surface area contributed by atoms with E-state index in [1.807, 2.05) is 18.2 Å². The molecule has 0 unspecified atom stereocenters. The molecule has 2 heterocycles. The second kappa shape index (κ2) is 7.13. The number of likely N-dealkylation sites (tertiary alicyclic amines) is 1. The van der Waals surface area contributed by atoms with Crippen molar-refractivity contribution in [2.45, 2.75) is 45.7 Å². The van der Waals surface area contributed by atoms with Gasteiger partial charge in [-0.05, 0) is 40.7 Å². The van der Waals surface area contributed by atoms with E-state index in [0.717, 1.165) is 36.0 Å². The number of hydrogen-bond donors (Lipinski definition) is 0. The van der Waals surface area contributed by atoms with Crippen LogP contribution in [0.3, 0.4) is 0 Å². The summed E-state index contributed by atoms with van der Waals surface area (Å²) >= 11 is 0. The third kappa shape index (κ3) is 3.64. The summed E-state index contributed by atoms with van der Waals surface area (Å²) in [5.41, 5.74) is 0.539. The molecular weight excluding hydrogens is 362 g/mol. The highest BCUT2D eigenvalue weighted by molar-refractivity contribution is 6.07. The lowest BCUT2D eigenvalue weighted by molar-refractivity contribution is -0.135. The number of piperidine rings is 1. The first-order chi connectivity index (χ1) is 13.7. The maximum Gasteiger partial charge on any atom is 0.327 e. The van der Waals surface area contributed by atoms with Crippen molar-refractivity contribution in [1.29, 1.82) is 0 Å². The zero-order valence-electron chi connectivity index (χ0n) is 17.9. The number of carbonyl (C=O) groups is 2. The molecular formula is C24H31N3O2. The summed E-state index contributed by atoms with van der Waals surface area (Å²) < 4.78 is 0. The molecule has 4 rings (SSSR count). The van der Waals surface area contributed by atoms with Gasteiger partial charge in [-0.15, -0.1) is 0 Å². The first-order valence-electron chi connectivity index (χ1n) is 10.5. The third-order valence-corrected chi connectivity index (χ3v) is 6.34. The van der Waals surface area contributed by atoms with Crippen molar-refractivity contribution in [3.63, 3.8) is 0 Å². The Balaban J connectivity index is 1.51. The number of fused-ring (bicyclic) bond motifs is 1. The van der Waals surface area contributed by atoms with E-state index in [9.17, 15) is 9.59 Å². The molecule has 2 aromatic carbocycles. The lowest BCUT2D eigenvalue weighted by Crippen LogP contribution is -2.56. The van der Waals surface area contributed by atoms with E-state index in [0.29, 0.717) is 19.4 Å². The zero-order valence-corrected chi connectivity index (χ0v) is 17.9. The van der Waals surface area contributed by atoms with E-state index >= 15 is 0 Å². The second-order valence-corrected chi connectivity index (χ2v) is 9.78. The van der Waals surface area contributed by atoms with Gasteiger partial charge in [0.1, 0.15) is 5.54 Å². The quantitative estimate of drug-likeness (QED) is 0.737. The van der Waals surface area contributed by atoms with Crippen LogP contribution >= 0.6 is 0 Å². The standard InChI is InChI=1S/C24H31N3O2/c1-23(2,3)17-26-13-11-24(12-14-26)21(28)27(22(29)25(24)4)16-18-9-10-19-7-5-6-8-20(19)15-18/h5-10,15H,11-14,16-17H2,1-4H3. The molecule has 0 aromatic heterocycles. The van der Waals surface area contributed by atoms with Gasteiger partial charge in [0.15, 0.2) is 0 Å². The molecule has 0 atom stereocenters. The molecule has 5 heteroatoms. The molecule has 0 aliphatic carbocycles. The summed E-state index contributed by atoms with van der Waals surface area (Å²) in [4.78, 5) is 32.0. The van der Waals surface area contributed by atoms with E-state index < -0.39 is 5.54 Å². The summed E-state index contributed by atoms with van der Waals surface area (Å²) in [6.07, 6.45) is 1.41. The van der Waals surface area contributed by atoms with Gasteiger partial charge >= 0.3 is 6.03 Å². The first-order valence-corrected chi connectivity index (χ1v) is 10.5. The fraction of sp³-hybridized carbons (Fsp3) is 0.500. The summed E-state index contributed by atoms with van der Waals surface area (Å²) in [6.45, 7) is 9.75. The lowest BCUT2D eigenvalue weighted by Gasteiger charge is -2.42. The summed E-state index contributed by atoms with van der Waals surface area (Å²) in [5, 5.41) is 2.29. The zero-order chi connectivity index (χ0) is 20.8. The van der Waals surface area contributed by atoms with Crippen molar-refractivity contribution in [2.24, 2.45) is 5.41 Å². The Morgan fingerprint density at radius 3 is 2.28 bits per heavy atom. The molecule has 3 amide bonds. The van der Waals surface area contributed by atoms with Gasteiger partial charge in [0.25, 0.3) is 5.91 Å². The maximum absolute atomic E-state index is 13.4. The van der Waals surface area contributed by atoms with Crippen LogP contribution in [0.15, 0.2) is 42.5 Å². The van der Waals surface area contributed by atoms with Gasteiger partial charge in [0.05, 0.1) is 6.54 Å². The van der Waals surface area contributed by atoms with Gasteiger partial charge in [0.2, 0.25) is 0 Å². The topological polar surface area (TPSA) is 43.9 Å². The summed E-state index contributed by atoms with van der Waals surface area (Å²) in [7, 11) is 1.79. The maximum atomic E-state index is 13.4. The number of imide groups is 1. The van der Waals surface area contributed by atoms with E-state index in [1.54, 1.807) is 11.9 Å². The number of carbonyl (C=O) groups excluding carboxylic acids is 2. The van der Waals surface area contributed by atoms with Crippen LogP contribution in [-0.4, -0.2) is 58.9 Å². The monoisotopic (exact) mass is 393 g/mol. The van der Waals surface area contributed by atoms with E-state index in [2.05, 4.69) is 49.9 Å². The van der Waals surface area contributed by atoms with Crippen LogP contribution < -0.4 is 0 Å². The number of rotatable bonds is 3. The normalized spacial score (nSPS) is 20.3. The molecule has 0 saturated carbocycles. The fourth-order valence-corrected chi connectivity index (χ4v) is 4.81. The molecule has 2 aromatic rings. The summed E-state index contributed by atoms with van der Waals surface area (Å²) in [6, 6.07) is 14.1. The molecule has 29 heavy (non-hydrogen) atoms. The predicted octanol–water partition coefficient (Wildman–Crippen LogP) is 4.11. The van der Waals surface area contributed by atoms with Crippen LogP contribution in [-0.2, 0) is 11.3 Å². The van der Waals surface area contributed by atoms with Crippen LogP contribution in [0.2, 0.25) is 0 Å². The summed E-state index contributed by atoms with van der Waals surface area (Å²) in [5.74, 6) is -0.0337. The van der Waals surface area contributed by atoms with Gasteiger partial charge in [-0.25, -0.2) is 4.79 Å². The van der Waals surface area contributed by atoms with Gasteiger partial charge in [-0.2, -0.15) is 0 Å². The van der Waals surface area contributed by atoms with Gasteiger partial charge in [-0.1, -0.05) is 57.2 Å². The Morgan fingerprint density at radius 1 is 0.966 bits per heavy atom. The van der Waals surface area contributed by atoms with Crippen LogP contribution in [0.1, 0.15) is 39.2 Å². The average molecular weight is 394 g/mol. The minimum absolute atomic E-state index is 0.0337. The van der Waals surface area contributed by atoms with Crippen LogP contribution in [0.4, 0.5) is 4.79 Å². The van der Waals surface area contributed by atoms with Crippen molar-refractivity contribution < 1.29 is 9.59 Å². The van der Waals surface area contributed by atoms with Crippen LogP contribution in [0.25, 0.3) is 10.8 Å². The molecule has 0 radical (unpaired) electrons. The third-order valence-electron chi connectivity index (χ3n) is 6.34. The highest BCUT2D eigenvalue weighted by atomic mass is 16.2. The first kappa shape index (κ1) is 19.9. The van der Waals surface area contributed by atoms with Gasteiger partial charge < -0.3 is 9.80 Å². The average Bonchev–Trinajstić information content (AvgIpc) is 2.85. The van der Waals surface area contributed by atoms with Crippen molar-refractivity contribution in [3.8, 4) is 0 Å². The van der Waals surface area contributed by atoms with Crippen molar-refractivity contribution in [2.75, 3.05) is 26.7 Å². The minimum Gasteiger partial charge on any atom is -0.312 e. The molecule has 2 aliphatic heterocycles. The molecule has 0 N–H and O–H groups in total. The second-order valence-electron chi connectivity index (χ2n) is 9.78. The van der Waals surface area contributed by atoms with Crippen molar-refractivity contribution >= 4 is 22.7 Å². The highest BCUT2D eigenvalue weighted by Crippen LogP contribution is 2.37. The van der Waals surface area contributed by atoms with E-state index in [-0.39, 0.29) is 17.4 Å². The number of hydrogen-bond acceptors (Lipinski definition) is 3. The van der Waals surface area contributed by atoms with E-state index in [1.165, 1.54) is 4.90 Å². The molecule has 1 spiro atoms. The molecule has 5 nitrogen and oxygen atoms in total. The van der Waals surface area contributed by atoms with Crippen molar-refractivity contribution in [1.82, 2.24) is 14.7 Å². The Morgan fingerprint density at radius 2 is 1.62 bits per heavy atom. The SMILES string of the molecule is CN1C(=O)N(Cc2ccc3ccccc3c2)C(=O)C12CCN(CC(C)(C)C)CC2. The van der Waals surface area contributed by atoms with Crippen molar-refractivity contribution in [3.05, 3.63) is 48.0 Å². The molecule has 2 saturated heterocycles. The van der Waals surface area contributed by atoms with Crippen LogP contribution in [0, 0.1) is 5.41 Å². The predicted molar refractivity (Wildman–Crippen MR) is 116 cm³/mol. The Labute approximate surface area is 173 Å². The largest absolute Gasteiger partial charge is 0.327 e. The van der Waals surface area contributed by atoms with Gasteiger partial charge in [-0.3, -0.25) is 9.69 Å². The Bertz CT molecular complexity index is 939. The fourth-order valence-electron chi connectivity index (χ4n) is 4.81. The number of amides is 3. The highest BCUT2D eigenvalue weighted by Gasteiger charge is 2.56. The smallest absolute Gasteiger partial charge is 0.312 e. The lowest BCUT2D eigenvalue weighted by atomic mass is 9.85. The minimum atomic E-state index is -0.678. The van der Waals surface area contributed by atoms with E-state index in [4.69, 9.17) is 0 Å². The molecule has 2 fully saturated rings.